The lowest BCUT2D eigenvalue weighted by Crippen LogP contribution is -2.15. The molecule has 0 aliphatic rings. The number of aromatic nitrogens is 2. The summed E-state index contributed by atoms with van der Waals surface area (Å²) in [7, 11) is 1.70. The number of para-hydroxylation sites is 1. The summed E-state index contributed by atoms with van der Waals surface area (Å²) >= 11 is 0. The van der Waals surface area contributed by atoms with E-state index < -0.39 is 0 Å². The van der Waals surface area contributed by atoms with Crippen molar-refractivity contribution in [1.29, 1.82) is 0 Å². The van der Waals surface area contributed by atoms with Crippen molar-refractivity contribution in [1.82, 2.24) is 9.55 Å². The maximum absolute atomic E-state index is 5.63. The highest BCUT2D eigenvalue weighted by Crippen LogP contribution is 2.09. The van der Waals surface area contributed by atoms with E-state index in [0.717, 1.165) is 23.9 Å². The number of hydrogen-bond donors (Lipinski definition) is 1. The molecule has 1 aromatic carbocycles. The molecule has 5 nitrogen and oxygen atoms in total. The number of aryl methyl sites for hydroxylation is 1. The van der Waals surface area contributed by atoms with Gasteiger partial charge in [0.05, 0.1) is 18.8 Å². The molecule has 0 saturated carbocycles. The minimum absolute atomic E-state index is 0.597. The predicted octanol–water partition coefficient (Wildman–Crippen LogP) is 2.33. The Morgan fingerprint density at radius 3 is 2.75 bits per heavy atom. The molecular weight excluding hydrogens is 254 g/mol. The largest absolute Gasteiger partial charge is 0.492 e. The summed E-state index contributed by atoms with van der Waals surface area (Å²) in [5.41, 5.74) is 0.993. The second kappa shape index (κ2) is 7.55. The van der Waals surface area contributed by atoms with E-state index in [1.807, 2.05) is 43.5 Å². The highest BCUT2D eigenvalue weighted by atomic mass is 16.5. The summed E-state index contributed by atoms with van der Waals surface area (Å²) in [4.78, 5) is 4.45. The Morgan fingerprint density at radius 1 is 1.20 bits per heavy atom. The summed E-state index contributed by atoms with van der Waals surface area (Å²) in [6.45, 7) is 4.75. The molecule has 2 aromatic rings. The topological polar surface area (TPSA) is 48.3 Å². The molecule has 0 fully saturated rings. The molecule has 0 radical (unpaired) electrons. The molecule has 0 atom stereocenters. The van der Waals surface area contributed by atoms with Gasteiger partial charge in [-0.05, 0) is 19.1 Å². The lowest BCUT2D eigenvalue weighted by Gasteiger charge is -2.10. The molecule has 1 N–H and O–H groups in total. The van der Waals surface area contributed by atoms with Crippen LogP contribution in [0.5, 0.6) is 5.75 Å². The first-order chi connectivity index (χ1) is 9.79. The van der Waals surface area contributed by atoms with Crippen LogP contribution in [0.25, 0.3) is 0 Å². The van der Waals surface area contributed by atoms with Crippen LogP contribution in [0.4, 0.5) is 5.95 Å². The Kier molecular flexibility index (Phi) is 5.43. The zero-order chi connectivity index (χ0) is 14.2. The quantitative estimate of drug-likeness (QED) is 0.751. The average molecular weight is 275 g/mol. The Hall–Kier alpha value is -2.01. The van der Waals surface area contributed by atoms with Crippen LogP contribution < -0.4 is 10.1 Å². The number of imidazole rings is 1. The highest BCUT2D eigenvalue weighted by Gasteiger charge is 2.04. The molecule has 0 unspecified atom stereocenters. The van der Waals surface area contributed by atoms with Crippen LogP contribution in [0.1, 0.15) is 5.69 Å². The van der Waals surface area contributed by atoms with Gasteiger partial charge >= 0.3 is 0 Å². The van der Waals surface area contributed by atoms with E-state index in [2.05, 4.69) is 14.9 Å². The minimum atomic E-state index is 0.597. The maximum Gasteiger partial charge on any atom is 0.203 e. The van der Waals surface area contributed by atoms with Crippen LogP contribution in [-0.2, 0) is 11.3 Å². The van der Waals surface area contributed by atoms with E-state index in [9.17, 15) is 0 Å². The predicted molar refractivity (Wildman–Crippen MR) is 79.3 cm³/mol. The third kappa shape index (κ3) is 4.28. The van der Waals surface area contributed by atoms with Crippen LogP contribution in [0.2, 0.25) is 0 Å². The summed E-state index contributed by atoms with van der Waals surface area (Å²) in [6.07, 6.45) is 2.01. The molecular formula is C15H21N3O2. The van der Waals surface area contributed by atoms with Crippen LogP contribution in [0.15, 0.2) is 36.5 Å². The first-order valence-corrected chi connectivity index (χ1v) is 6.74. The zero-order valence-electron chi connectivity index (χ0n) is 12.0. The van der Waals surface area contributed by atoms with Gasteiger partial charge in [0.1, 0.15) is 12.4 Å². The van der Waals surface area contributed by atoms with Crippen LogP contribution in [0.3, 0.4) is 0 Å². The number of ether oxygens (including phenoxy) is 2. The molecule has 0 saturated heterocycles. The van der Waals surface area contributed by atoms with E-state index in [-0.39, 0.29) is 0 Å². The van der Waals surface area contributed by atoms with Crippen molar-refractivity contribution in [3.8, 4) is 5.75 Å². The first-order valence-electron chi connectivity index (χ1n) is 6.74. The smallest absolute Gasteiger partial charge is 0.203 e. The summed E-state index contributed by atoms with van der Waals surface area (Å²) in [6, 6.07) is 9.79. The van der Waals surface area contributed by atoms with Gasteiger partial charge in [0.15, 0.2) is 0 Å². The van der Waals surface area contributed by atoms with Crippen molar-refractivity contribution in [2.45, 2.75) is 13.5 Å². The number of rotatable bonds is 8. The van der Waals surface area contributed by atoms with Crippen molar-refractivity contribution < 1.29 is 9.47 Å². The molecule has 0 spiro atoms. The lowest BCUT2D eigenvalue weighted by atomic mass is 10.3. The normalized spacial score (nSPS) is 10.5. The fraction of sp³-hybridized carbons (Fsp3) is 0.400. The van der Waals surface area contributed by atoms with E-state index >= 15 is 0 Å². The van der Waals surface area contributed by atoms with Crippen LogP contribution in [0, 0.1) is 6.92 Å². The molecule has 0 aliphatic carbocycles. The SMILES string of the molecule is COCCn1cc(C)nc1NCCOc1ccccc1. The van der Waals surface area contributed by atoms with Crippen LogP contribution >= 0.6 is 0 Å². The Labute approximate surface area is 119 Å². The summed E-state index contributed by atoms with van der Waals surface area (Å²) < 4.78 is 12.8. The molecule has 1 heterocycles. The van der Waals surface area contributed by atoms with Crippen molar-refractivity contribution in [3.05, 3.63) is 42.2 Å². The van der Waals surface area contributed by atoms with Gasteiger partial charge in [-0.15, -0.1) is 0 Å². The average Bonchev–Trinajstić information content (AvgIpc) is 2.82. The first kappa shape index (κ1) is 14.4. The van der Waals surface area contributed by atoms with E-state index in [0.29, 0.717) is 19.8 Å². The molecule has 0 aliphatic heterocycles. The Bertz CT molecular complexity index is 511. The minimum Gasteiger partial charge on any atom is -0.492 e. The summed E-state index contributed by atoms with van der Waals surface area (Å²) in [5, 5.41) is 3.28. The third-order valence-corrected chi connectivity index (χ3v) is 2.83. The van der Waals surface area contributed by atoms with E-state index in [1.54, 1.807) is 7.11 Å². The van der Waals surface area contributed by atoms with E-state index in [4.69, 9.17) is 9.47 Å². The molecule has 20 heavy (non-hydrogen) atoms. The maximum atomic E-state index is 5.63. The number of hydrogen-bond acceptors (Lipinski definition) is 4. The van der Waals surface area contributed by atoms with E-state index in [1.165, 1.54) is 0 Å². The standard InChI is InChI=1S/C15H21N3O2/c1-13-12-18(9-11-19-2)15(17-13)16-8-10-20-14-6-4-3-5-7-14/h3-7,12H,8-11H2,1-2H3,(H,16,17). The molecule has 1 aromatic heterocycles. The van der Waals surface area contributed by atoms with Gasteiger partial charge in [0.2, 0.25) is 5.95 Å². The second-order valence-electron chi connectivity index (χ2n) is 4.48. The number of nitrogens with zero attached hydrogens (tertiary/aromatic N) is 2. The fourth-order valence-corrected chi connectivity index (χ4v) is 1.90. The molecule has 108 valence electrons. The van der Waals surface area contributed by atoms with Gasteiger partial charge in [-0.2, -0.15) is 0 Å². The molecule has 2 rings (SSSR count). The van der Waals surface area contributed by atoms with Gasteiger partial charge in [0, 0.05) is 19.9 Å². The van der Waals surface area contributed by atoms with Crippen molar-refractivity contribution in [2.24, 2.45) is 0 Å². The van der Waals surface area contributed by atoms with Gasteiger partial charge in [-0.25, -0.2) is 4.98 Å². The second-order valence-corrected chi connectivity index (χ2v) is 4.48. The lowest BCUT2D eigenvalue weighted by molar-refractivity contribution is 0.187. The van der Waals surface area contributed by atoms with Gasteiger partial charge in [0.25, 0.3) is 0 Å². The molecule has 0 amide bonds. The van der Waals surface area contributed by atoms with Gasteiger partial charge < -0.3 is 19.4 Å². The zero-order valence-corrected chi connectivity index (χ0v) is 12.0. The number of benzene rings is 1. The van der Waals surface area contributed by atoms with Crippen molar-refractivity contribution in [3.63, 3.8) is 0 Å². The van der Waals surface area contributed by atoms with Crippen molar-refractivity contribution in [2.75, 3.05) is 32.2 Å². The third-order valence-electron chi connectivity index (χ3n) is 2.83. The number of methoxy groups -OCH3 is 1. The number of nitrogens with one attached hydrogen (secondary N) is 1. The fourth-order valence-electron chi connectivity index (χ4n) is 1.90. The number of anilines is 1. The van der Waals surface area contributed by atoms with Gasteiger partial charge in [-0.3, -0.25) is 0 Å². The summed E-state index contributed by atoms with van der Waals surface area (Å²) in [5.74, 6) is 1.74. The highest BCUT2D eigenvalue weighted by molar-refractivity contribution is 5.28. The van der Waals surface area contributed by atoms with Crippen LogP contribution in [-0.4, -0.2) is 36.4 Å². The monoisotopic (exact) mass is 275 g/mol. The van der Waals surface area contributed by atoms with Gasteiger partial charge in [-0.1, -0.05) is 18.2 Å². The molecule has 0 bridgehead atoms. The molecule has 5 heteroatoms. The van der Waals surface area contributed by atoms with Crippen molar-refractivity contribution >= 4 is 5.95 Å². The Morgan fingerprint density at radius 2 is 2.00 bits per heavy atom. The Balaban J connectivity index is 1.78.